The number of benzene rings is 2. The first-order valence-electron chi connectivity index (χ1n) is 9.48. The summed E-state index contributed by atoms with van der Waals surface area (Å²) in [5.74, 6) is 0.0392. The van der Waals surface area contributed by atoms with E-state index in [1.54, 1.807) is 19.1 Å². The number of carbonyl (C=O) groups is 1. The fourth-order valence-corrected chi connectivity index (χ4v) is 3.28. The number of aryl methyl sites for hydroxylation is 2. The zero-order valence-electron chi connectivity index (χ0n) is 16.5. The minimum atomic E-state index is -0.393. The lowest BCUT2D eigenvalue weighted by atomic mass is 10.1. The highest BCUT2D eigenvalue weighted by Gasteiger charge is 2.17. The van der Waals surface area contributed by atoms with Gasteiger partial charge in [0.1, 0.15) is 12.4 Å². The molecule has 4 aromatic rings. The molecule has 152 valence electrons. The average molecular weight is 406 g/mol. The molecule has 0 spiro atoms. The molecule has 0 fully saturated rings. The van der Waals surface area contributed by atoms with Gasteiger partial charge in [0.15, 0.2) is 5.82 Å². The van der Waals surface area contributed by atoms with Gasteiger partial charge in [-0.1, -0.05) is 30.3 Å². The number of nitrogens with one attached hydrogen (secondary N) is 1. The predicted octanol–water partition coefficient (Wildman–Crippen LogP) is 3.70. The van der Waals surface area contributed by atoms with E-state index in [0.717, 1.165) is 0 Å². The first-order valence-corrected chi connectivity index (χ1v) is 9.48. The molecule has 2 aromatic heterocycles. The number of nitrogens with zero attached hydrogens (tertiary/aromatic N) is 3. The number of halogens is 1. The summed E-state index contributed by atoms with van der Waals surface area (Å²) in [4.78, 5) is 29.8. The second kappa shape index (κ2) is 7.90. The maximum absolute atomic E-state index is 13.3. The number of rotatable bonds is 5. The van der Waals surface area contributed by atoms with E-state index in [1.165, 1.54) is 28.8 Å². The molecule has 30 heavy (non-hydrogen) atoms. The normalized spacial score (nSPS) is 11.0. The first-order chi connectivity index (χ1) is 14.5. The molecule has 0 saturated carbocycles. The number of aromatic nitrogens is 3. The minimum absolute atomic E-state index is 0.194. The van der Waals surface area contributed by atoms with Crippen LogP contribution in [0.4, 0.5) is 10.1 Å². The number of hydrogen-bond acceptors (Lipinski definition) is 5. The number of amides is 1. The summed E-state index contributed by atoms with van der Waals surface area (Å²) in [6.45, 7) is 3.41. The Morgan fingerprint density at radius 3 is 2.73 bits per heavy atom. The Hall–Kier alpha value is -3.81. The Kier molecular flexibility index (Phi) is 5.14. The topological polar surface area (TPSA) is 90.0 Å². The van der Waals surface area contributed by atoms with Crippen molar-refractivity contribution in [2.75, 3.05) is 5.32 Å². The van der Waals surface area contributed by atoms with E-state index in [1.807, 2.05) is 19.1 Å². The van der Waals surface area contributed by atoms with Crippen LogP contribution in [-0.4, -0.2) is 20.6 Å². The van der Waals surface area contributed by atoms with Gasteiger partial charge in [-0.25, -0.2) is 4.39 Å². The predicted molar refractivity (Wildman–Crippen MR) is 111 cm³/mol. The van der Waals surface area contributed by atoms with Crippen molar-refractivity contribution in [2.45, 2.75) is 26.8 Å². The van der Waals surface area contributed by atoms with Crippen LogP contribution in [0.2, 0.25) is 0 Å². The number of para-hydroxylation sites is 1. The van der Waals surface area contributed by atoms with Crippen molar-refractivity contribution in [1.29, 1.82) is 0 Å². The largest absolute Gasteiger partial charge is 0.334 e. The summed E-state index contributed by atoms with van der Waals surface area (Å²) in [5, 5.41) is 7.34. The van der Waals surface area contributed by atoms with Crippen LogP contribution in [0.3, 0.4) is 0 Å². The molecule has 0 aliphatic carbocycles. The molecule has 8 heteroatoms. The Morgan fingerprint density at radius 2 is 2.00 bits per heavy atom. The van der Waals surface area contributed by atoms with Crippen LogP contribution in [0.1, 0.15) is 18.3 Å². The quantitative estimate of drug-likeness (QED) is 0.546. The molecule has 4 rings (SSSR count). The standard InChI is InChI=1S/C22H19FN4O3/c1-3-19-25-22(30-26-19)16-11-21(29)27(18-7-5-4-6-15(16)18)12-20(28)24-17-9-8-14(23)10-13(17)2/h4-11H,3,12H2,1-2H3,(H,24,28). The maximum Gasteiger partial charge on any atom is 0.258 e. The van der Waals surface area contributed by atoms with E-state index in [2.05, 4.69) is 15.5 Å². The van der Waals surface area contributed by atoms with Gasteiger partial charge < -0.3 is 9.84 Å². The molecule has 0 aliphatic heterocycles. The van der Waals surface area contributed by atoms with E-state index >= 15 is 0 Å². The lowest BCUT2D eigenvalue weighted by molar-refractivity contribution is -0.116. The van der Waals surface area contributed by atoms with Gasteiger partial charge in [-0.3, -0.25) is 14.2 Å². The Bertz CT molecular complexity index is 1310. The van der Waals surface area contributed by atoms with E-state index in [0.29, 0.717) is 40.0 Å². The lowest BCUT2D eigenvalue weighted by Crippen LogP contribution is -2.28. The van der Waals surface area contributed by atoms with Crippen molar-refractivity contribution in [3.8, 4) is 11.5 Å². The maximum atomic E-state index is 13.3. The number of pyridine rings is 1. The van der Waals surface area contributed by atoms with Gasteiger partial charge in [-0.15, -0.1) is 0 Å². The Balaban J connectivity index is 1.71. The average Bonchev–Trinajstić information content (AvgIpc) is 3.21. The number of hydrogen-bond donors (Lipinski definition) is 1. The van der Waals surface area contributed by atoms with Crippen molar-refractivity contribution in [1.82, 2.24) is 14.7 Å². The molecule has 0 radical (unpaired) electrons. The first kappa shape index (κ1) is 19.5. The molecule has 0 bridgehead atoms. The monoisotopic (exact) mass is 406 g/mol. The highest BCUT2D eigenvalue weighted by atomic mass is 19.1. The third kappa shape index (κ3) is 3.71. The lowest BCUT2D eigenvalue weighted by Gasteiger charge is -2.13. The van der Waals surface area contributed by atoms with Crippen LogP contribution < -0.4 is 10.9 Å². The highest BCUT2D eigenvalue weighted by molar-refractivity contribution is 5.95. The van der Waals surface area contributed by atoms with Gasteiger partial charge >= 0.3 is 0 Å². The van der Waals surface area contributed by atoms with Crippen molar-refractivity contribution >= 4 is 22.5 Å². The van der Waals surface area contributed by atoms with E-state index in [-0.39, 0.29) is 23.8 Å². The molecular formula is C22H19FN4O3. The van der Waals surface area contributed by atoms with Gasteiger partial charge in [0, 0.05) is 23.6 Å². The molecule has 2 heterocycles. The van der Waals surface area contributed by atoms with Crippen LogP contribution in [0, 0.1) is 12.7 Å². The van der Waals surface area contributed by atoms with Gasteiger partial charge in [0.2, 0.25) is 5.91 Å². The van der Waals surface area contributed by atoms with E-state index in [4.69, 9.17) is 4.52 Å². The minimum Gasteiger partial charge on any atom is -0.334 e. The molecule has 2 aromatic carbocycles. The second-order valence-electron chi connectivity index (χ2n) is 6.88. The van der Waals surface area contributed by atoms with Crippen LogP contribution in [0.5, 0.6) is 0 Å². The third-order valence-electron chi connectivity index (χ3n) is 4.80. The summed E-state index contributed by atoms with van der Waals surface area (Å²) >= 11 is 0. The van der Waals surface area contributed by atoms with Crippen molar-refractivity contribution in [2.24, 2.45) is 0 Å². The highest BCUT2D eigenvalue weighted by Crippen LogP contribution is 2.26. The van der Waals surface area contributed by atoms with Gasteiger partial charge in [-0.05, 0) is 36.8 Å². The number of carbonyl (C=O) groups excluding carboxylic acids is 1. The van der Waals surface area contributed by atoms with Crippen LogP contribution in [0.15, 0.2) is 57.8 Å². The summed E-state index contributed by atoms with van der Waals surface area (Å²) in [6.07, 6.45) is 0.613. The molecule has 0 atom stereocenters. The molecule has 0 aliphatic rings. The van der Waals surface area contributed by atoms with Crippen molar-refractivity contribution in [3.63, 3.8) is 0 Å². The second-order valence-corrected chi connectivity index (χ2v) is 6.88. The SMILES string of the molecule is CCc1noc(-c2cc(=O)n(CC(=O)Nc3ccc(F)cc3C)c3ccccc23)n1. The van der Waals surface area contributed by atoms with Crippen LogP contribution in [-0.2, 0) is 17.8 Å². The summed E-state index contributed by atoms with van der Waals surface area (Å²) < 4.78 is 20.0. The van der Waals surface area contributed by atoms with Crippen molar-refractivity contribution in [3.05, 3.63) is 76.1 Å². The zero-order chi connectivity index (χ0) is 21.3. The van der Waals surface area contributed by atoms with Gasteiger partial charge in [0.25, 0.3) is 11.4 Å². The Morgan fingerprint density at radius 1 is 1.20 bits per heavy atom. The molecular weight excluding hydrogens is 387 g/mol. The van der Waals surface area contributed by atoms with Crippen molar-refractivity contribution < 1.29 is 13.7 Å². The molecule has 1 N–H and O–H groups in total. The van der Waals surface area contributed by atoms with Crippen LogP contribution >= 0.6 is 0 Å². The fraction of sp³-hybridized carbons (Fsp3) is 0.182. The van der Waals surface area contributed by atoms with E-state index in [9.17, 15) is 14.0 Å². The molecule has 1 amide bonds. The summed E-state index contributed by atoms with van der Waals surface area (Å²) in [7, 11) is 0. The fourth-order valence-electron chi connectivity index (χ4n) is 3.28. The molecule has 0 saturated heterocycles. The zero-order valence-corrected chi connectivity index (χ0v) is 16.5. The van der Waals surface area contributed by atoms with E-state index < -0.39 is 5.91 Å². The number of fused-ring (bicyclic) bond motifs is 1. The summed E-state index contributed by atoms with van der Waals surface area (Å²) in [6, 6.07) is 12.7. The summed E-state index contributed by atoms with van der Waals surface area (Å²) in [5.41, 5.74) is 1.81. The third-order valence-corrected chi connectivity index (χ3v) is 4.80. The van der Waals surface area contributed by atoms with Crippen LogP contribution in [0.25, 0.3) is 22.4 Å². The smallest absolute Gasteiger partial charge is 0.258 e. The molecule has 7 nitrogen and oxygen atoms in total. The number of anilines is 1. The van der Waals surface area contributed by atoms with Gasteiger partial charge in [0.05, 0.1) is 11.1 Å². The molecule has 0 unspecified atom stereocenters. The van der Waals surface area contributed by atoms with Gasteiger partial charge in [-0.2, -0.15) is 4.98 Å². The Labute approximate surface area is 171 Å².